The molecule has 2 rings (SSSR count). The summed E-state index contributed by atoms with van der Waals surface area (Å²) in [7, 11) is 0. The molecule has 2 aromatic carbocycles. The third-order valence-electron chi connectivity index (χ3n) is 3.11. The first kappa shape index (κ1) is 16.5. The van der Waals surface area contributed by atoms with Crippen LogP contribution in [0.2, 0.25) is 0 Å². The summed E-state index contributed by atoms with van der Waals surface area (Å²) in [5, 5.41) is 14.7. The van der Waals surface area contributed by atoms with Crippen LogP contribution in [0.4, 0.5) is 11.4 Å². The monoisotopic (exact) mass is 313 g/mol. The maximum Gasteiger partial charge on any atom is 0.269 e. The number of hydrogen-bond donors (Lipinski definition) is 1. The van der Waals surface area contributed by atoms with Crippen molar-refractivity contribution in [2.45, 2.75) is 19.8 Å². The number of rotatable bonds is 8. The summed E-state index contributed by atoms with van der Waals surface area (Å²) < 4.78 is 5.64. The molecular formula is C17H19N3O3. The number of ether oxygens (including phenoxy) is 1. The van der Waals surface area contributed by atoms with Gasteiger partial charge in [0, 0.05) is 12.1 Å². The number of nitro groups is 1. The van der Waals surface area contributed by atoms with Crippen LogP contribution in [0.5, 0.6) is 5.75 Å². The largest absolute Gasteiger partial charge is 0.494 e. The standard InChI is InChI=1S/C17H19N3O3/c1-2-3-11-23-17-6-4-5-14(12-17)13-18-19-15-7-9-16(10-8-15)20(21)22/h4-10,12-13,19H,2-3,11H2,1H3/b18-13+. The van der Waals surface area contributed by atoms with Gasteiger partial charge in [-0.2, -0.15) is 5.10 Å². The molecule has 0 heterocycles. The van der Waals surface area contributed by atoms with Gasteiger partial charge in [-0.05, 0) is 36.2 Å². The van der Waals surface area contributed by atoms with Gasteiger partial charge in [-0.3, -0.25) is 15.5 Å². The molecule has 0 aromatic heterocycles. The maximum absolute atomic E-state index is 10.6. The molecule has 0 atom stereocenters. The van der Waals surface area contributed by atoms with Gasteiger partial charge in [-0.25, -0.2) is 0 Å². The molecule has 6 heteroatoms. The van der Waals surface area contributed by atoms with Gasteiger partial charge in [0.1, 0.15) is 5.75 Å². The van der Waals surface area contributed by atoms with Crippen LogP contribution in [-0.4, -0.2) is 17.7 Å². The summed E-state index contributed by atoms with van der Waals surface area (Å²) in [5.74, 6) is 0.817. The highest BCUT2D eigenvalue weighted by Crippen LogP contribution is 2.16. The number of unbranched alkanes of at least 4 members (excludes halogenated alkanes) is 1. The lowest BCUT2D eigenvalue weighted by atomic mass is 10.2. The molecular weight excluding hydrogens is 294 g/mol. The molecule has 1 N–H and O–H groups in total. The molecule has 0 unspecified atom stereocenters. The number of nitrogens with zero attached hydrogens (tertiary/aromatic N) is 2. The minimum atomic E-state index is -0.433. The number of hydrogen-bond acceptors (Lipinski definition) is 5. The van der Waals surface area contributed by atoms with E-state index in [2.05, 4.69) is 17.5 Å². The van der Waals surface area contributed by atoms with E-state index in [4.69, 9.17) is 4.74 Å². The van der Waals surface area contributed by atoms with E-state index in [1.807, 2.05) is 24.3 Å². The normalized spacial score (nSPS) is 10.7. The van der Waals surface area contributed by atoms with E-state index in [0.29, 0.717) is 12.3 Å². The van der Waals surface area contributed by atoms with Crippen LogP contribution in [0.25, 0.3) is 0 Å². The molecule has 0 amide bonds. The molecule has 120 valence electrons. The molecule has 2 aromatic rings. The predicted octanol–water partition coefficient (Wildman–Crippen LogP) is 4.22. The Morgan fingerprint density at radius 3 is 2.74 bits per heavy atom. The summed E-state index contributed by atoms with van der Waals surface area (Å²) in [6.45, 7) is 2.83. The fourth-order valence-electron chi connectivity index (χ4n) is 1.86. The first-order valence-electron chi connectivity index (χ1n) is 7.45. The summed E-state index contributed by atoms with van der Waals surface area (Å²) in [4.78, 5) is 10.1. The Morgan fingerprint density at radius 1 is 1.26 bits per heavy atom. The van der Waals surface area contributed by atoms with Gasteiger partial charge in [-0.15, -0.1) is 0 Å². The predicted molar refractivity (Wildman–Crippen MR) is 91.2 cm³/mol. The average molecular weight is 313 g/mol. The molecule has 0 saturated heterocycles. The first-order chi connectivity index (χ1) is 11.2. The van der Waals surface area contributed by atoms with E-state index in [9.17, 15) is 10.1 Å². The number of hydrazone groups is 1. The molecule has 0 aliphatic rings. The fourth-order valence-corrected chi connectivity index (χ4v) is 1.86. The van der Waals surface area contributed by atoms with Crippen molar-refractivity contribution >= 4 is 17.6 Å². The van der Waals surface area contributed by atoms with Gasteiger partial charge in [-0.1, -0.05) is 25.5 Å². The van der Waals surface area contributed by atoms with E-state index in [0.717, 1.165) is 24.2 Å². The lowest BCUT2D eigenvalue weighted by Crippen LogP contribution is -1.97. The van der Waals surface area contributed by atoms with E-state index in [1.165, 1.54) is 12.1 Å². The van der Waals surface area contributed by atoms with Crippen molar-refractivity contribution in [3.05, 3.63) is 64.2 Å². The number of nitrogens with one attached hydrogen (secondary N) is 1. The summed E-state index contributed by atoms with van der Waals surface area (Å²) in [6, 6.07) is 13.7. The van der Waals surface area contributed by atoms with Crippen molar-refractivity contribution in [1.82, 2.24) is 0 Å². The van der Waals surface area contributed by atoms with Crippen LogP contribution in [0, 0.1) is 10.1 Å². The van der Waals surface area contributed by atoms with Gasteiger partial charge >= 0.3 is 0 Å². The van der Waals surface area contributed by atoms with Crippen molar-refractivity contribution in [2.24, 2.45) is 5.10 Å². The zero-order valence-corrected chi connectivity index (χ0v) is 12.9. The van der Waals surface area contributed by atoms with Crippen molar-refractivity contribution in [1.29, 1.82) is 0 Å². The van der Waals surface area contributed by atoms with Crippen LogP contribution in [0.15, 0.2) is 53.6 Å². The first-order valence-corrected chi connectivity index (χ1v) is 7.45. The maximum atomic E-state index is 10.6. The third kappa shape index (κ3) is 5.43. The number of anilines is 1. The van der Waals surface area contributed by atoms with Gasteiger partial charge in [0.15, 0.2) is 0 Å². The summed E-state index contributed by atoms with van der Waals surface area (Å²) in [6.07, 6.45) is 3.80. The van der Waals surface area contributed by atoms with Crippen molar-refractivity contribution in [3.8, 4) is 5.75 Å². The minimum Gasteiger partial charge on any atom is -0.494 e. The van der Waals surface area contributed by atoms with E-state index >= 15 is 0 Å². The molecule has 0 bridgehead atoms. The molecule has 23 heavy (non-hydrogen) atoms. The number of benzene rings is 2. The van der Waals surface area contributed by atoms with Crippen LogP contribution in [0.1, 0.15) is 25.3 Å². The quantitative estimate of drug-likeness (QED) is 0.342. The third-order valence-corrected chi connectivity index (χ3v) is 3.11. The fraction of sp³-hybridized carbons (Fsp3) is 0.235. The summed E-state index contributed by atoms with van der Waals surface area (Å²) >= 11 is 0. The van der Waals surface area contributed by atoms with Gasteiger partial charge in [0.2, 0.25) is 0 Å². The van der Waals surface area contributed by atoms with Crippen LogP contribution in [-0.2, 0) is 0 Å². The highest BCUT2D eigenvalue weighted by Gasteiger charge is 2.02. The topological polar surface area (TPSA) is 76.8 Å². The van der Waals surface area contributed by atoms with Crippen molar-refractivity contribution < 1.29 is 9.66 Å². The Balaban J connectivity index is 1.92. The highest BCUT2D eigenvalue weighted by atomic mass is 16.6. The minimum absolute atomic E-state index is 0.0523. The zero-order valence-electron chi connectivity index (χ0n) is 12.9. The van der Waals surface area contributed by atoms with Gasteiger partial charge < -0.3 is 4.74 Å². The van der Waals surface area contributed by atoms with Crippen LogP contribution in [0.3, 0.4) is 0 Å². The second-order valence-electron chi connectivity index (χ2n) is 4.95. The zero-order chi connectivity index (χ0) is 16.5. The Hall–Kier alpha value is -2.89. The lowest BCUT2D eigenvalue weighted by Gasteiger charge is -2.05. The Morgan fingerprint density at radius 2 is 2.04 bits per heavy atom. The van der Waals surface area contributed by atoms with E-state index < -0.39 is 4.92 Å². The highest BCUT2D eigenvalue weighted by molar-refractivity contribution is 5.80. The number of nitro benzene ring substituents is 1. The van der Waals surface area contributed by atoms with E-state index in [1.54, 1.807) is 18.3 Å². The van der Waals surface area contributed by atoms with Crippen LogP contribution < -0.4 is 10.2 Å². The van der Waals surface area contributed by atoms with E-state index in [-0.39, 0.29) is 5.69 Å². The smallest absolute Gasteiger partial charge is 0.269 e. The van der Waals surface area contributed by atoms with Crippen molar-refractivity contribution in [3.63, 3.8) is 0 Å². The van der Waals surface area contributed by atoms with Gasteiger partial charge in [0.25, 0.3) is 5.69 Å². The molecule has 0 aliphatic heterocycles. The van der Waals surface area contributed by atoms with Crippen molar-refractivity contribution in [2.75, 3.05) is 12.0 Å². The Labute approximate surface area is 134 Å². The molecule has 0 saturated carbocycles. The summed E-state index contributed by atoms with van der Waals surface area (Å²) in [5.41, 5.74) is 4.48. The molecule has 0 spiro atoms. The lowest BCUT2D eigenvalue weighted by molar-refractivity contribution is -0.384. The second kappa shape index (κ2) is 8.53. The molecule has 0 fully saturated rings. The average Bonchev–Trinajstić information content (AvgIpc) is 2.56. The molecule has 0 radical (unpaired) electrons. The Kier molecular flexibility index (Phi) is 6.11. The van der Waals surface area contributed by atoms with Gasteiger partial charge in [0.05, 0.1) is 23.4 Å². The molecule has 0 aliphatic carbocycles. The number of non-ortho nitro benzene ring substituents is 1. The SMILES string of the molecule is CCCCOc1cccc(/C=N/Nc2ccc([N+](=O)[O-])cc2)c1. The van der Waals surface area contributed by atoms with Crippen LogP contribution >= 0.6 is 0 Å². The Bertz CT molecular complexity index is 669. The molecule has 6 nitrogen and oxygen atoms in total. The second-order valence-corrected chi connectivity index (χ2v) is 4.95.